The standard InChI is InChI=1S/C12H15NO4/c1-4-17-12(14)7-10-5-8(2)6-11(9(10)3)13(15)16/h5-6H,4,7H2,1-3H3. The van der Waals surface area contributed by atoms with Crippen molar-refractivity contribution in [1.29, 1.82) is 0 Å². The molecular formula is C12H15NO4. The molecule has 0 aromatic heterocycles. The van der Waals surface area contributed by atoms with Gasteiger partial charge < -0.3 is 4.74 Å². The monoisotopic (exact) mass is 237 g/mol. The number of rotatable bonds is 4. The van der Waals surface area contributed by atoms with Crippen LogP contribution in [0.1, 0.15) is 23.6 Å². The largest absolute Gasteiger partial charge is 0.466 e. The van der Waals surface area contributed by atoms with Crippen molar-refractivity contribution in [1.82, 2.24) is 0 Å². The molecular weight excluding hydrogens is 222 g/mol. The Morgan fingerprint density at radius 3 is 2.59 bits per heavy atom. The van der Waals surface area contributed by atoms with Crippen molar-refractivity contribution in [2.45, 2.75) is 27.2 Å². The SMILES string of the molecule is CCOC(=O)Cc1cc(C)cc([N+](=O)[O-])c1C. The van der Waals surface area contributed by atoms with Gasteiger partial charge in [-0.25, -0.2) is 0 Å². The first-order valence-corrected chi connectivity index (χ1v) is 5.35. The van der Waals surface area contributed by atoms with E-state index in [4.69, 9.17) is 4.74 Å². The smallest absolute Gasteiger partial charge is 0.310 e. The highest BCUT2D eigenvalue weighted by atomic mass is 16.6. The van der Waals surface area contributed by atoms with E-state index in [1.54, 1.807) is 26.8 Å². The van der Waals surface area contributed by atoms with Gasteiger partial charge in [-0.05, 0) is 31.9 Å². The molecule has 0 fully saturated rings. The number of carbonyl (C=O) groups excluding carboxylic acids is 1. The topological polar surface area (TPSA) is 69.4 Å². The maximum atomic E-state index is 11.4. The molecule has 0 amide bonds. The molecule has 0 N–H and O–H groups in total. The number of nitro benzene ring substituents is 1. The van der Waals surface area contributed by atoms with Crippen molar-refractivity contribution in [3.63, 3.8) is 0 Å². The number of carbonyl (C=O) groups is 1. The minimum atomic E-state index is -0.434. The lowest BCUT2D eigenvalue weighted by Crippen LogP contribution is -2.09. The van der Waals surface area contributed by atoms with E-state index >= 15 is 0 Å². The highest BCUT2D eigenvalue weighted by molar-refractivity contribution is 5.73. The molecule has 0 spiro atoms. The highest BCUT2D eigenvalue weighted by Crippen LogP contribution is 2.24. The molecule has 0 bridgehead atoms. The average molecular weight is 237 g/mol. The van der Waals surface area contributed by atoms with Crippen molar-refractivity contribution in [3.8, 4) is 0 Å². The molecule has 17 heavy (non-hydrogen) atoms. The Morgan fingerprint density at radius 1 is 1.41 bits per heavy atom. The number of ether oxygens (including phenoxy) is 1. The Labute approximate surface area is 99.5 Å². The molecule has 0 saturated heterocycles. The number of nitro groups is 1. The summed E-state index contributed by atoms with van der Waals surface area (Å²) < 4.78 is 4.83. The molecule has 0 aliphatic rings. The first-order valence-electron chi connectivity index (χ1n) is 5.35. The van der Waals surface area contributed by atoms with Crippen LogP contribution in [0.2, 0.25) is 0 Å². The summed E-state index contributed by atoms with van der Waals surface area (Å²) in [7, 11) is 0. The van der Waals surface area contributed by atoms with Gasteiger partial charge in [0.2, 0.25) is 0 Å². The molecule has 92 valence electrons. The van der Waals surface area contributed by atoms with Gasteiger partial charge in [-0.1, -0.05) is 6.07 Å². The number of benzene rings is 1. The molecule has 0 heterocycles. The van der Waals surface area contributed by atoms with Crippen LogP contribution in [0.25, 0.3) is 0 Å². The third-order valence-electron chi connectivity index (χ3n) is 2.47. The summed E-state index contributed by atoms with van der Waals surface area (Å²) in [6.07, 6.45) is 0.0716. The van der Waals surface area contributed by atoms with Gasteiger partial charge in [0.15, 0.2) is 0 Å². The van der Waals surface area contributed by atoms with Crippen molar-refractivity contribution in [2.24, 2.45) is 0 Å². The number of esters is 1. The van der Waals surface area contributed by atoms with Gasteiger partial charge in [0.05, 0.1) is 18.0 Å². The van der Waals surface area contributed by atoms with Crippen LogP contribution < -0.4 is 0 Å². The van der Waals surface area contributed by atoms with E-state index in [0.29, 0.717) is 17.7 Å². The first kappa shape index (κ1) is 13.2. The molecule has 5 heteroatoms. The van der Waals surface area contributed by atoms with Gasteiger partial charge in [-0.15, -0.1) is 0 Å². The molecule has 0 atom stereocenters. The van der Waals surface area contributed by atoms with E-state index in [0.717, 1.165) is 5.56 Å². The van der Waals surface area contributed by atoms with Crippen LogP contribution in [0, 0.1) is 24.0 Å². The van der Waals surface area contributed by atoms with Crippen molar-refractivity contribution < 1.29 is 14.5 Å². The van der Waals surface area contributed by atoms with Gasteiger partial charge in [0.25, 0.3) is 5.69 Å². The molecule has 1 rings (SSSR count). The van der Waals surface area contributed by atoms with Crippen LogP contribution in [-0.2, 0) is 16.0 Å². The molecule has 0 aliphatic heterocycles. The van der Waals surface area contributed by atoms with Crippen LogP contribution in [0.15, 0.2) is 12.1 Å². The van der Waals surface area contributed by atoms with Gasteiger partial charge in [0, 0.05) is 11.6 Å². The van der Waals surface area contributed by atoms with Gasteiger partial charge >= 0.3 is 5.97 Å². The summed E-state index contributed by atoms with van der Waals surface area (Å²) in [5.41, 5.74) is 1.98. The summed E-state index contributed by atoms with van der Waals surface area (Å²) >= 11 is 0. The lowest BCUT2D eigenvalue weighted by molar-refractivity contribution is -0.385. The summed E-state index contributed by atoms with van der Waals surface area (Å²) in [6, 6.07) is 3.28. The van der Waals surface area contributed by atoms with E-state index in [1.807, 2.05) is 0 Å². The Hall–Kier alpha value is -1.91. The molecule has 0 radical (unpaired) electrons. The number of hydrogen-bond acceptors (Lipinski definition) is 4. The zero-order valence-electron chi connectivity index (χ0n) is 10.1. The van der Waals surface area contributed by atoms with E-state index < -0.39 is 4.92 Å². The fourth-order valence-corrected chi connectivity index (χ4v) is 1.65. The third-order valence-corrected chi connectivity index (χ3v) is 2.47. The van der Waals surface area contributed by atoms with E-state index in [1.165, 1.54) is 6.07 Å². The van der Waals surface area contributed by atoms with Crippen molar-refractivity contribution >= 4 is 11.7 Å². The summed E-state index contributed by atoms with van der Waals surface area (Å²) in [6.45, 7) is 5.45. The highest BCUT2D eigenvalue weighted by Gasteiger charge is 2.17. The first-order chi connectivity index (χ1) is 7.95. The van der Waals surface area contributed by atoms with E-state index in [2.05, 4.69) is 0 Å². The van der Waals surface area contributed by atoms with Crippen molar-refractivity contribution in [3.05, 3.63) is 38.9 Å². The number of hydrogen-bond donors (Lipinski definition) is 0. The molecule has 0 unspecified atom stereocenters. The Balaban J connectivity index is 3.07. The zero-order chi connectivity index (χ0) is 13.0. The maximum Gasteiger partial charge on any atom is 0.310 e. The molecule has 0 aliphatic carbocycles. The fourth-order valence-electron chi connectivity index (χ4n) is 1.65. The van der Waals surface area contributed by atoms with Gasteiger partial charge in [-0.3, -0.25) is 14.9 Å². The quantitative estimate of drug-likeness (QED) is 0.457. The minimum absolute atomic E-state index is 0.0456. The van der Waals surface area contributed by atoms with Crippen molar-refractivity contribution in [2.75, 3.05) is 6.61 Å². The third kappa shape index (κ3) is 3.27. The lowest BCUT2D eigenvalue weighted by Gasteiger charge is -2.07. The normalized spacial score (nSPS) is 10.1. The van der Waals surface area contributed by atoms with Crippen LogP contribution in [-0.4, -0.2) is 17.5 Å². The van der Waals surface area contributed by atoms with Crippen LogP contribution >= 0.6 is 0 Å². The Kier molecular flexibility index (Phi) is 4.20. The van der Waals surface area contributed by atoms with Gasteiger partial charge in [-0.2, -0.15) is 0 Å². The van der Waals surface area contributed by atoms with E-state index in [-0.39, 0.29) is 18.1 Å². The van der Waals surface area contributed by atoms with E-state index in [9.17, 15) is 14.9 Å². The summed E-state index contributed by atoms with van der Waals surface area (Å²) in [4.78, 5) is 21.8. The molecule has 5 nitrogen and oxygen atoms in total. The van der Waals surface area contributed by atoms with Gasteiger partial charge in [0.1, 0.15) is 0 Å². The zero-order valence-corrected chi connectivity index (χ0v) is 10.1. The molecule has 1 aromatic carbocycles. The average Bonchev–Trinajstić information content (AvgIpc) is 2.22. The predicted molar refractivity (Wildman–Crippen MR) is 62.9 cm³/mol. The molecule has 1 aromatic rings. The second kappa shape index (κ2) is 5.43. The van der Waals surface area contributed by atoms with Crippen LogP contribution in [0.3, 0.4) is 0 Å². The second-order valence-corrected chi connectivity index (χ2v) is 3.81. The van der Waals surface area contributed by atoms with Crippen LogP contribution in [0.5, 0.6) is 0 Å². The Bertz CT molecular complexity index is 454. The van der Waals surface area contributed by atoms with Crippen LogP contribution in [0.4, 0.5) is 5.69 Å². The Morgan fingerprint density at radius 2 is 2.06 bits per heavy atom. The molecule has 0 saturated carbocycles. The summed E-state index contributed by atoms with van der Waals surface area (Å²) in [5, 5.41) is 10.8. The minimum Gasteiger partial charge on any atom is -0.466 e. The fraction of sp³-hybridized carbons (Fsp3) is 0.417. The predicted octanol–water partition coefficient (Wildman–Crippen LogP) is 2.32. The number of aryl methyl sites for hydroxylation is 1. The lowest BCUT2D eigenvalue weighted by atomic mass is 10.0. The summed E-state index contributed by atoms with van der Waals surface area (Å²) in [5.74, 6) is -0.365. The second-order valence-electron chi connectivity index (χ2n) is 3.81. The number of nitrogens with zero attached hydrogens (tertiary/aromatic N) is 1. The maximum absolute atomic E-state index is 11.4.